The fourth-order valence-corrected chi connectivity index (χ4v) is 5.29. The third-order valence-corrected chi connectivity index (χ3v) is 8.75. The van der Waals surface area contributed by atoms with Gasteiger partial charge in [0.2, 0.25) is 12.1 Å². The van der Waals surface area contributed by atoms with Gasteiger partial charge in [0.1, 0.15) is 32.0 Å². The summed E-state index contributed by atoms with van der Waals surface area (Å²) in [6.07, 6.45) is -13.5. The van der Waals surface area contributed by atoms with Crippen molar-refractivity contribution in [3.05, 3.63) is 0 Å². The van der Waals surface area contributed by atoms with Crippen LogP contribution in [0.5, 0.6) is 0 Å². The van der Waals surface area contributed by atoms with E-state index in [0.717, 1.165) is 13.8 Å². The Morgan fingerprint density at radius 2 is 0.831 bits per heavy atom. The number of esters is 8. The summed E-state index contributed by atoms with van der Waals surface area (Å²) in [5.41, 5.74) is 0. The molecule has 336 valence electrons. The van der Waals surface area contributed by atoms with E-state index >= 15 is 0 Å². The van der Waals surface area contributed by atoms with Gasteiger partial charge in [0.25, 0.3) is 0 Å². The lowest BCUT2D eigenvalue weighted by Gasteiger charge is -2.47. The van der Waals surface area contributed by atoms with Crippen LogP contribution in [0.3, 0.4) is 0 Å². The molecule has 0 aromatic rings. The van der Waals surface area contributed by atoms with Gasteiger partial charge in [-0.1, -0.05) is 83.1 Å². The molecule has 0 amide bonds. The molecule has 0 radical (unpaired) electrons. The van der Waals surface area contributed by atoms with Gasteiger partial charge in [0.05, 0.1) is 35.5 Å². The Balaban J connectivity index is 3.04. The van der Waals surface area contributed by atoms with E-state index in [9.17, 15) is 38.4 Å². The Bertz CT molecular complexity index is 1500. The van der Waals surface area contributed by atoms with Gasteiger partial charge in [-0.15, -0.1) is 0 Å². The Hall–Kier alpha value is -4.36. The van der Waals surface area contributed by atoms with Crippen LogP contribution < -0.4 is 0 Å². The fourth-order valence-electron chi connectivity index (χ4n) is 5.29. The first kappa shape index (κ1) is 50.8. The number of hydrogen-bond donors (Lipinski definition) is 0. The lowest BCUT2D eigenvalue weighted by atomic mass is 9.97. The largest absolute Gasteiger partial charge is 0.463 e. The Morgan fingerprint density at radius 3 is 1.25 bits per heavy atom. The van der Waals surface area contributed by atoms with Crippen molar-refractivity contribution >= 4 is 47.8 Å². The van der Waals surface area contributed by atoms with Gasteiger partial charge in [0, 0.05) is 13.8 Å². The maximum atomic E-state index is 13.5. The van der Waals surface area contributed by atoms with Gasteiger partial charge >= 0.3 is 47.8 Å². The van der Waals surface area contributed by atoms with Crippen LogP contribution in [0.15, 0.2) is 0 Å². The van der Waals surface area contributed by atoms with Gasteiger partial charge in [-0.2, -0.15) is 0 Å². The first-order chi connectivity index (χ1) is 27.3. The zero-order valence-electron chi connectivity index (χ0n) is 36.5. The van der Waals surface area contributed by atoms with Crippen LogP contribution in [-0.2, 0) is 90.5 Å². The minimum atomic E-state index is -2.55. The highest BCUT2D eigenvalue weighted by atomic mass is 16.8. The van der Waals surface area contributed by atoms with Crippen LogP contribution in [0.2, 0.25) is 0 Å². The molecule has 2 rings (SSSR count). The molecular weight excluding hydrogens is 784 g/mol. The molecule has 2 aliphatic heterocycles. The molecule has 19 heteroatoms. The third kappa shape index (κ3) is 14.4. The maximum Gasteiger partial charge on any atom is 0.308 e. The van der Waals surface area contributed by atoms with Crippen LogP contribution in [0.25, 0.3) is 0 Å². The van der Waals surface area contributed by atoms with Crippen molar-refractivity contribution in [2.24, 2.45) is 35.5 Å². The van der Waals surface area contributed by atoms with Crippen LogP contribution in [0.1, 0.15) is 96.9 Å². The summed E-state index contributed by atoms with van der Waals surface area (Å²) in [5, 5.41) is 0. The van der Waals surface area contributed by atoms with Crippen LogP contribution >= 0.6 is 0 Å². The van der Waals surface area contributed by atoms with E-state index < -0.39 is 158 Å². The van der Waals surface area contributed by atoms with E-state index in [1.54, 1.807) is 0 Å². The van der Waals surface area contributed by atoms with Gasteiger partial charge in [-0.3, -0.25) is 38.4 Å². The molecule has 9 unspecified atom stereocenters. The molecule has 59 heavy (non-hydrogen) atoms. The number of carbonyl (C=O) groups is 8. The van der Waals surface area contributed by atoms with Crippen molar-refractivity contribution in [1.82, 2.24) is 0 Å². The second-order valence-electron chi connectivity index (χ2n) is 16.2. The monoisotopic (exact) mass is 846 g/mol. The molecule has 0 spiro atoms. The molecule has 9 atom stereocenters. The number of carbonyl (C=O) groups excluding carboxylic acids is 8. The maximum absolute atomic E-state index is 13.5. The highest BCUT2D eigenvalue weighted by molar-refractivity contribution is 5.75. The van der Waals surface area contributed by atoms with Crippen molar-refractivity contribution in [1.29, 1.82) is 0 Å². The summed E-state index contributed by atoms with van der Waals surface area (Å²) in [6, 6.07) is 0. The number of hydrogen-bond acceptors (Lipinski definition) is 19. The van der Waals surface area contributed by atoms with E-state index in [4.69, 9.17) is 52.1 Å². The van der Waals surface area contributed by atoms with E-state index in [-0.39, 0.29) is 0 Å². The third-order valence-electron chi connectivity index (χ3n) is 8.75. The molecular formula is C40H62O19. The standard InChI is InChI=1S/C40H62O19/c1-18(2)33(43)51-17-40(32(57-38(48)23(11)12)29(54-35(45)20(5)6)27(58-40)16-50-25(14)42)59-39-31(56-37(47)22(9)10)30(55-36(46)21(7)8)28(53-34(44)19(3)4)26(52-39)15-49-24(13)41/h18-23,26-32,39H,15-17H2,1-14H3. The lowest BCUT2D eigenvalue weighted by molar-refractivity contribution is -0.385. The van der Waals surface area contributed by atoms with Crippen LogP contribution in [-0.4, -0.2) is 122 Å². The average Bonchev–Trinajstić information content (AvgIpc) is 3.40. The molecule has 2 saturated heterocycles. The second kappa shape index (κ2) is 22.3. The Morgan fingerprint density at radius 1 is 0.458 bits per heavy atom. The minimum Gasteiger partial charge on any atom is -0.463 e. The molecule has 0 bridgehead atoms. The highest BCUT2D eigenvalue weighted by Crippen LogP contribution is 2.42. The predicted octanol–water partition coefficient (Wildman–Crippen LogP) is 2.99. The smallest absolute Gasteiger partial charge is 0.308 e. The lowest BCUT2D eigenvalue weighted by Crippen LogP contribution is -2.66. The van der Waals surface area contributed by atoms with E-state index in [1.165, 1.54) is 83.1 Å². The number of rotatable bonds is 19. The summed E-state index contributed by atoms with van der Waals surface area (Å²) < 4.78 is 64.9. The average molecular weight is 847 g/mol. The fraction of sp³-hybridized carbons (Fsp3) is 0.800. The quantitative estimate of drug-likeness (QED) is 0.134. The van der Waals surface area contributed by atoms with Crippen LogP contribution in [0, 0.1) is 35.5 Å². The molecule has 2 aliphatic rings. The first-order valence-electron chi connectivity index (χ1n) is 19.8. The predicted molar refractivity (Wildman–Crippen MR) is 200 cm³/mol. The molecule has 19 nitrogen and oxygen atoms in total. The minimum absolute atomic E-state index is 0.599. The Labute approximate surface area is 345 Å². The molecule has 0 N–H and O–H groups in total. The van der Waals surface area contributed by atoms with Gasteiger partial charge in [0.15, 0.2) is 30.5 Å². The van der Waals surface area contributed by atoms with Crippen molar-refractivity contribution in [2.75, 3.05) is 19.8 Å². The topological polar surface area (TPSA) is 238 Å². The SMILES string of the molecule is CC(=O)OCC1OC(OC2(COC(=O)C(C)C)OC(COC(C)=O)C(OC(=O)C(C)C)C2OC(=O)C(C)C)C(OC(=O)C(C)C)C(OC(=O)C(C)C)C1OC(=O)C(C)C. The number of ether oxygens (including phenoxy) is 11. The van der Waals surface area contributed by atoms with Gasteiger partial charge < -0.3 is 52.1 Å². The zero-order valence-corrected chi connectivity index (χ0v) is 36.5. The van der Waals surface area contributed by atoms with Crippen molar-refractivity contribution in [2.45, 2.75) is 152 Å². The summed E-state index contributed by atoms with van der Waals surface area (Å²) in [4.78, 5) is 104. The molecule has 0 aromatic carbocycles. The van der Waals surface area contributed by atoms with Gasteiger partial charge in [-0.05, 0) is 0 Å². The summed E-state index contributed by atoms with van der Waals surface area (Å²) in [7, 11) is 0. The van der Waals surface area contributed by atoms with E-state index in [0.29, 0.717) is 0 Å². The van der Waals surface area contributed by atoms with E-state index in [2.05, 4.69) is 0 Å². The molecule has 0 saturated carbocycles. The van der Waals surface area contributed by atoms with Crippen molar-refractivity contribution in [3.8, 4) is 0 Å². The van der Waals surface area contributed by atoms with Crippen molar-refractivity contribution in [3.63, 3.8) is 0 Å². The van der Waals surface area contributed by atoms with Crippen molar-refractivity contribution < 1.29 is 90.5 Å². The Kier molecular flexibility index (Phi) is 19.2. The van der Waals surface area contributed by atoms with Gasteiger partial charge in [-0.25, -0.2) is 0 Å². The summed E-state index contributed by atoms with van der Waals surface area (Å²) >= 11 is 0. The highest BCUT2D eigenvalue weighted by Gasteiger charge is 2.65. The van der Waals surface area contributed by atoms with Crippen LogP contribution in [0.4, 0.5) is 0 Å². The summed E-state index contributed by atoms with van der Waals surface area (Å²) in [5.74, 6) is -13.5. The zero-order chi connectivity index (χ0) is 45.1. The summed E-state index contributed by atoms with van der Waals surface area (Å²) in [6.45, 7) is 18.4. The molecule has 0 aliphatic carbocycles. The second-order valence-corrected chi connectivity index (χ2v) is 16.2. The first-order valence-corrected chi connectivity index (χ1v) is 19.8. The molecule has 2 fully saturated rings. The molecule has 2 heterocycles. The normalized spacial score (nSPS) is 26.8. The van der Waals surface area contributed by atoms with E-state index in [1.807, 2.05) is 0 Å². The molecule has 0 aromatic heterocycles.